The summed E-state index contributed by atoms with van der Waals surface area (Å²) >= 11 is 6.07. The minimum Gasteiger partial charge on any atom is -0.272 e. The van der Waals surface area contributed by atoms with Crippen LogP contribution in [0.15, 0.2) is 0 Å². The Bertz CT molecular complexity index is 514. The van der Waals surface area contributed by atoms with Crippen molar-refractivity contribution < 1.29 is 19.2 Å². The van der Waals surface area contributed by atoms with E-state index in [9.17, 15) is 19.2 Å². The van der Waals surface area contributed by atoms with Crippen molar-refractivity contribution in [2.45, 2.75) is 38.8 Å². The van der Waals surface area contributed by atoms with Gasteiger partial charge in [-0.15, -0.1) is 0 Å². The molecule has 0 unspecified atom stereocenters. The number of rotatable bonds is 2. The number of imide groups is 2. The first-order valence-electron chi connectivity index (χ1n) is 6.08. The van der Waals surface area contributed by atoms with E-state index in [-0.39, 0.29) is 0 Å². The monoisotopic (exact) mass is 424 g/mol. The number of hydrogen-bond donors (Lipinski definition) is 0. The highest BCUT2D eigenvalue weighted by atomic mass is 79.9. The van der Waals surface area contributed by atoms with Gasteiger partial charge in [-0.2, -0.15) is 0 Å². The van der Waals surface area contributed by atoms with Crippen molar-refractivity contribution in [3.63, 3.8) is 0 Å². The van der Waals surface area contributed by atoms with Gasteiger partial charge in [-0.05, 0) is 27.7 Å². The number of urea groups is 2. The molecule has 0 aliphatic carbocycles. The lowest BCUT2D eigenvalue weighted by atomic mass is 10.1. The van der Waals surface area contributed by atoms with Gasteiger partial charge in [0.15, 0.2) is 0 Å². The molecular formula is C11H14Br2N4O4. The second-order valence-electron chi connectivity index (χ2n) is 5.85. The normalized spacial score (nSPS) is 24.7. The molecule has 0 bridgehead atoms. The molecule has 8 nitrogen and oxygen atoms in total. The lowest BCUT2D eigenvalue weighted by Crippen LogP contribution is -2.47. The number of carbonyl (C=O) groups is 4. The van der Waals surface area contributed by atoms with E-state index < -0.39 is 41.6 Å². The molecule has 2 rings (SSSR count). The molecule has 0 aromatic heterocycles. The standard InChI is InChI=1S/C11H14Br2N4O4/c1-10(2)6(18)14(8(20)16(10)12)5-15-7(19)11(3,4)17(13)9(15)21/h5H2,1-4H3. The predicted molar refractivity (Wildman–Crippen MR) is 79.0 cm³/mol. The SMILES string of the molecule is CC1(C)C(=O)N(CN2C(=O)N(Br)C(C)(C)C2=O)C(=O)N1Br. The third-order valence-electron chi connectivity index (χ3n) is 3.60. The number of carbonyl (C=O) groups excluding carboxylic acids is 4. The third-order valence-corrected chi connectivity index (χ3v) is 5.98. The fourth-order valence-corrected chi connectivity index (χ4v) is 2.77. The molecule has 2 aliphatic rings. The molecule has 0 spiro atoms. The van der Waals surface area contributed by atoms with Gasteiger partial charge < -0.3 is 0 Å². The quantitative estimate of drug-likeness (QED) is 0.497. The Morgan fingerprint density at radius 1 is 0.762 bits per heavy atom. The minimum atomic E-state index is -1.08. The highest BCUT2D eigenvalue weighted by Crippen LogP contribution is 2.34. The molecule has 0 radical (unpaired) electrons. The van der Waals surface area contributed by atoms with Crippen LogP contribution in [0.5, 0.6) is 0 Å². The van der Waals surface area contributed by atoms with Crippen LogP contribution in [-0.2, 0) is 9.59 Å². The molecular weight excluding hydrogens is 412 g/mol. The van der Waals surface area contributed by atoms with Crippen LogP contribution in [0.4, 0.5) is 9.59 Å². The average molecular weight is 426 g/mol. The summed E-state index contributed by atoms with van der Waals surface area (Å²) in [6, 6.07) is -1.23. The maximum atomic E-state index is 12.3. The van der Waals surface area contributed by atoms with Gasteiger partial charge >= 0.3 is 12.1 Å². The Morgan fingerprint density at radius 3 is 1.24 bits per heavy atom. The zero-order valence-electron chi connectivity index (χ0n) is 11.9. The number of hydrogen-bond acceptors (Lipinski definition) is 4. The molecule has 2 heterocycles. The first-order chi connectivity index (χ1) is 9.44. The summed E-state index contributed by atoms with van der Waals surface area (Å²) in [4.78, 5) is 50.4. The Morgan fingerprint density at radius 2 is 1.05 bits per heavy atom. The first-order valence-corrected chi connectivity index (χ1v) is 7.49. The highest BCUT2D eigenvalue weighted by molar-refractivity contribution is 9.08. The summed E-state index contributed by atoms with van der Waals surface area (Å²) in [5.41, 5.74) is -2.15. The zero-order valence-corrected chi connectivity index (χ0v) is 15.1. The molecule has 0 saturated carbocycles. The lowest BCUT2D eigenvalue weighted by Gasteiger charge is -2.21. The summed E-state index contributed by atoms with van der Waals surface area (Å²) in [5, 5.41) is 0. The van der Waals surface area contributed by atoms with E-state index in [1.54, 1.807) is 27.7 Å². The molecule has 6 amide bonds. The van der Waals surface area contributed by atoms with E-state index in [2.05, 4.69) is 32.3 Å². The summed E-state index contributed by atoms with van der Waals surface area (Å²) < 4.78 is 2.20. The predicted octanol–water partition coefficient (Wildman–Crippen LogP) is 1.65. The Hall–Kier alpha value is -1.16. The van der Waals surface area contributed by atoms with E-state index >= 15 is 0 Å². The van der Waals surface area contributed by atoms with Gasteiger partial charge in [0.05, 0.1) is 32.3 Å². The van der Waals surface area contributed by atoms with Crippen molar-refractivity contribution in [2.24, 2.45) is 0 Å². The maximum absolute atomic E-state index is 12.3. The molecule has 2 fully saturated rings. The van der Waals surface area contributed by atoms with Gasteiger partial charge in [-0.3, -0.25) is 9.59 Å². The Kier molecular flexibility index (Phi) is 3.60. The van der Waals surface area contributed by atoms with Crippen molar-refractivity contribution >= 4 is 56.2 Å². The number of amides is 6. The van der Waals surface area contributed by atoms with Crippen LogP contribution < -0.4 is 0 Å². The minimum absolute atomic E-state index is 0.410. The third kappa shape index (κ3) is 2.07. The number of halogens is 2. The molecule has 2 saturated heterocycles. The van der Waals surface area contributed by atoms with Gasteiger partial charge in [0.1, 0.15) is 17.7 Å². The summed E-state index contributed by atoms with van der Waals surface area (Å²) in [6.45, 7) is 5.85. The van der Waals surface area contributed by atoms with Gasteiger partial charge in [0.2, 0.25) is 0 Å². The summed E-state index contributed by atoms with van der Waals surface area (Å²) in [5.74, 6) is -0.980. The average Bonchev–Trinajstić information content (AvgIpc) is 2.64. The van der Waals surface area contributed by atoms with Crippen molar-refractivity contribution in [1.29, 1.82) is 0 Å². The second-order valence-corrected chi connectivity index (χ2v) is 7.27. The molecule has 10 heteroatoms. The van der Waals surface area contributed by atoms with E-state index in [4.69, 9.17) is 0 Å². The Labute approximate surface area is 138 Å². The maximum Gasteiger partial charge on any atom is 0.339 e. The van der Waals surface area contributed by atoms with Crippen LogP contribution in [-0.4, -0.2) is 59.3 Å². The van der Waals surface area contributed by atoms with Crippen LogP contribution in [0.2, 0.25) is 0 Å². The lowest BCUT2D eigenvalue weighted by molar-refractivity contribution is -0.136. The smallest absolute Gasteiger partial charge is 0.272 e. The molecule has 0 N–H and O–H groups in total. The van der Waals surface area contributed by atoms with Crippen molar-refractivity contribution in [1.82, 2.24) is 17.7 Å². The van der Waals surface area contributed by atoms with E-state index in [1.165, 1.54) is 0 Å². The van der Waals surface area contributed by atoms with Gasteiger partial charge in [0.25, 0.3) is 11.8 Å². The van der Waals surface area contributed by atoms with Gasteiger partial charge in [-0.25, -0.2) is 27.2 Å². The fourth-order valence-electron chi connectivity index (χ4n) is 2.08. The molecule has 116 valence electrons. The molecule has 0 atom stereocenters. The van der Waals surface area contributed by atoms with E-state index in [0.717, 1.165) is 17.7 Å². The topological polar surface area (TPSA) is 81.2 Å². The van der Waals surface area contributed by atoms with Gasteiger partial charge in [-0.1, -0.05) is 0 Å². The summed E-state index contributed by atoms with van der Waals surface area (Å²) in [7, 11) is 0. The van der Waals surface area contributed by atoms with Crippen LogP contribution in [0.1, 0.15) is 27.7 Å². The highest BCUT2D eigenvalue weighted by Gasteiger charge is 2.55. The molecule has 21 heavy (non-hydrogen) atoms. The van der Waals surface area contributed by atoms with E-state index in [1.807, 2.05) is 0 Å². The zero-order chi connectivity index (χ0) is 16.3. The Balaban J connectivity index is 2.28. The van der Waals surface area contributed by atoms with Crippen molar-refractivity contribution in [3.05, 3.63) is 0 Å². The van der Waals surface area contributed by atoms with Crippen molar-refractivity contribution in [2.75, 3.05) is 6.67 Å². The fraction of sp³-hybridized carbons (Fsp3) is 0.636. The largest absolute Gasteiger partial charge is 0.339 e. The first kappa shape index (κ1) is 16.2. The van der Waals surface area contributed by atoms with E-state index in [0.29, 0.717) is 0 Å². The van der Waals surface area contributed by atoms with Crippen LogP contribution >= 0.6 is 32.3 Å². The van der Waals surface area contributed by atoms with Crippen LogP contribution in [0, 0.1) is 0 Å². The van der Waals surface area contributed by atoms with Gasteiger partial charge in [0, 0.05) is 0 Å². The van der Waals surface area contributed by atoms with Crippen molar-refractivity contribution in [3.8, 4) is 0 Å². The van der Waals surface area contributed by atoms with Crippen LogP contribution in [0.25, 0.3) is 0 Å². The molecule has 0 aromatic carbocycles. The second kappa shape index (κ2) is 4.67. The summed E-state index contributed by atoms with van der Waals surface area (Å²) in [6.07, 6.45) is 0. The van der Waals surface area contributed by atoms with Crippen LogP contribution in [0.3, 0.4) is 0 Å². The number of nitrogens with zero attached hydrogens (tertiary/aromatic N) is 4. The molecule has 0 aromatic rings. The molecule has 2 aliphatic heterocycles.